The molecule has 0 spiro atoms. The first-order valence-electron chi connectivity index (χ1n) is 5.35. The highest BCUT2D eigenvalue weighted by atomic mass is 35.5. The molecule has 4 heteroatoms. The molecular formula is C11H18ClNO2. The van der Waals surface area contributed by atoms with Crippen LogP contribution in [0.3, 0.4) is 0 Å². The summed E-state index contributed by atoms with van der Waals surface area (Å²) in [5, 5.41) is 0.625. The fraction of sp³-hybridized carbons (Fsp3) is 0.727. The van der Waals surface area contributed by atoms with E-state index in [1.165, 1.54) is 0 Å². The molecule has 15 heavy (non-hydrogen) atoms. The molecule has 86 valence electrons. The van der Waals surface area contributed by atoms with E-state index in [9.17, 15) is 4.79 Å². The Balaban J connectivity index is 2.41. The molecular weight excluding hydrogens is 214 g/mol. The lowest BCUT2D eigenvalue weighted by Crippen LogP contribution is -2.39. The van der Waals surface area contributed by atoms with Gasteiger partial charge in [0.1, 0.15) is 0 Å². The Morgan fingerprint density at radius 3 is 3.00 bits per heavy atom. The summed E-state index contributed by atoms with van der Waals surface area (Å²) in [6.45, 7) is 8.34. The SMILES string of the molecule is C=C(Cl)CN1CCC[C@H](C(=O)OCC)C1. The number of hydrogen-bond donors (Lipinski definition) is 0. The van der Waals surface area contributed by atoms with Crippen LogP contribution >= 0.6 is 11.6 Å². The second-order valence-corrected chi connectivity index (χ2v) is 4.38. The number of piperidine rings is 1. The topological polar surface area (TPSA) is 29.5 Å². The molecule has 1 saturated heterocycles. The number of ether oxygens (including phenoxy) is 1. The minimum absolute atomic E-state index is 0.00900. The quantitative estimate of drug-likeness (QED) is 0.694. The van der Waals surface area contributed by atoms with Gasteiger partial charge in [-0.2, -0.15) is 0 Å². The van der Waals surface area contributed by atoms with Crippen molar-refractivity contribution in [2.75, 3.05) is 26.2 Å². The fourth-order valence-corrected chi connectivity index (χ4v) is 2.06. The van der Waals surface area contributed by atoms with Gasteiger partial charge >= 0.3 is 5.97 Å². The molecule has 0 saturated carbocycles. The van der Waals surface area contributed by atoms with Gasteiger partial charge in [0.2, 0.25) is 0 Å². The van der Waals surface area contributed by atoms with Gasteiger partial charge in [0.15, 0.2) is 0 Å². The van der Waals surface area contributed by atoms with E-state index in [0.29, 0.717) is 18.2 Å². The van der Waals surface area contributed by atoms with Crippen LogP contribution in [-0.4, -0.2) is 37.1 Å². The van der Waals surface area contributed by atoms with Crippen LogP contribution in [-0.2, 0) is 9.53 Å². The first-order valence-corrected chi connectivity index (χ1v) is 5.73. The van der Waals surface area contributed by atoms with E-state index in [0.717, 1.165) is 25.9 Å². The maximum atomic E-state index is 11.5. The molecule has 1 fully saturated rings. The lowest BCUT2D eigenvalue weighted by Gasteiger charge is -2.31. The highest BCUT2D eigenvalue weighted by molar-refractivity contribution is 6.29. The first-order chi connectivity index (χ1) is 7.13. The van der Waals surface area contributed by atoms with Gasteiger partial charge in [0.25, 0.3) is 0 Å². The van der Waals surface area contributed by atoms with Crippen LogP contribution in [0.1, 0.15) is 19.8 Å². The third kappa shape index (κ3) is 4.22. The normalized spacial score (nSPS) is 22.4. The Hall–Kier alpha value is -0.540. The van der Waals surface area contributed by atoms with Gasteiger partial charge in [0.05, 0.1) is 12.5 Å². The number of carbonyl (C=O) groups excluding carboxylic acids is 1. The van der Waals surface area contributed by atoms with Crippen molar-refractivity contribution in [1.29, 1.82) is 0 Å². The van der Waals surface area contributed by atoms with E-state index < -0.39 is 0 Å². The molecule has 1 rings (SSSR count). The van der Waals surface area contributed by atoms with E-state index in [1.807, 2.05) is 6.92 Å². The molecule has 0 radical (unpaired) electrons. The minimum Gasteiger partial charge on any atom is -0.466 e. The van der Waals surface area contributed by atoms with Crippen molar-refractivity contribution in [3.63, 3.8) is 0 Å². The third-order valence-electron chi connectivity index (χ3n) is 2.52. The summed E-state index contributed by atoms with van der Waals surface area (Å²) in [5.74, 6) is -0.0721. The Morgan fingerprint density at radius 1 is 1.67 bits per heavy atom. The molecule has 0 aromatic rings. The summed E-state index contributed by atoms with van der Waals surface area (Å²) < 4.78 is 5.01. The zero-order valence-corrected chi connectivity index (χ0v) is 9.92. The van der Waals surface area contributed by atoms with Crippen LogP contribution in [0, 0.1) is 5.92 Å². The summed E-state index contributed by atoms with van der Waals surface area (Å²) in [7, 11) is 0. The van der Waals surface area contributed by atoms with Crippen molar-refractivity contribution in [2.45, 2.75) is 19.8 Å². The maximum absolute atomic E-state index is 11.5. The maximum Gasteiger partial charge on any atom is 0.310 e. The number of hydrogen-bond acceptors (Lipinski definition) is 3. The highest BCUT2D eigenvalue weighted by Crippen LogP contribution is 2.19. The van der Waals surface area contributed by atoms with Crippen LogP contribution in [0.2, 0.25) is 0 Å². The van der Waals surface area contributed by atoms with Crippen LogP contribution in [0.5, 0.6) is 0 Å². The number of rotatable bonds is 4. The zero-order chi connectivity index (χ0) is 11.3. The van der Waals surface area contributed by atoms with E-state index in [2.05, 4.69) is 11.5 Å². The van der Waals surface area contributed by atoms with Crippen LogP contribution in [0.25, 0.3) is 0 Å². The van der Waals surface area contributed by atoms with Crippen molar-refractivity contribution in [3.8, 4) is 0 Å². The average molecular weight is 232 g/mol. The van der Waals surface area contributed by atoms with Crippen molar-refractivity contribution < 1.29 is 9.53 Å². The van der Waals surface area contributed by atoms with Gasteiger partial charge in [-0.3, -0.25) is 9.69 Å². The molecule has 0 bridgehead atoms. The number of likely N-dealkylation sites (tertiary alicyclic amines) is 1. The van der Waals surface area contributed by atoms with Gasteiger partial charge in [-0.1, -0.05) is 18.2 Å². The van der Waals surface area contributed by atoms with E-state index in [1.54, 1.807) is 0 Å². The lowest BCUT2D eigenvalue weighted by molar-refractivity contribution is -0.149. The Bertz CT molecular complexity index is 243. The standard InChI is InChI=1S/C11H18ClNO2/c1-3-15-11(14)10-5-4-6-13(8-10)7-9(2)12/h10H,2-8H2,1H3/t10-/m0/s1. The van der Waals surface area contributed by atoms with Crippen LogP contribution < -0.4 is 0 Å². The largest absolute Gasteiger partial charge is 0.466 e. The fourth-order valence-electron chi connectivity index (χ4n) is 1.89. The predicted octanol–water partition coefficient (Wildman–Crippen LogP) is 2.01. The van der Waals surface area contributed by atoms with E-state index in [4.69, 9.17) is 16.3 Å². The first kappa shape index (κ1) is 12.5. The summed E-state index contributed by atoms with van der Waals surface area (Å²) in [6.07, 6.45) is 1.94. The third-order valence-corrected chi connectivity index (χ3v) is 2.64. The highest BCUT2D eigenvalue weighted by Gasteiger charge is 2.26. The molecule has 1 atom stereocenters. The molecule has 0 aliphatic carbocycles. The van der Waals surface area contributed by atoms with E-state index >= 15 is 0 Å². The van der Waals surface area contributed by atoms with Gasteiger partial charge in [-0.05, 0) is 26.3 Å². The number of halogens is 1. The van der Waals surface area contributed by atoms with Crippen molar-refractivity contribution in [3.05, 3.63) is 11.6 Å². The Morgan fingerprint density at radius 2 is 2.40 bits per heavy atom. The summed E-state index contributed by atoms with van der Waals surface area (Å²) in [5.41, 5.74) is 0. The Labute approximate surface area is 96.0 Å². The molecule has 0 amide bonds. The van der Waals surface area contributed by atoms with E-state index in [-0.39, 0.29) is 11.9 Å². The minimum atomic E-state index is -0.0811. The number of carbonyl (C=O) groups is 1. The molecule has 0 N–H and O–H groups in total. The number of nitrogens with zero attached hydrogens (tertiary/aromatic N) is 1. The predicted molar refractivity (Wildman–Crippen MR) is 60.8 cm³/mol. The Kier molecular flexibility index (Phi) is 5.12. The van der Waals surface area contributed by atoms with Crippen LogP contribution in [0.4, 0.5) is 0 Å². The van der Waals surface area contributed by atoms with Crippen molar-refractivity contribution >= 4 is 17.6 Å². The van der Waals surface area contributed by atoms with Gasteiger partial charge < -0.3 is 4.74 Å². The molecule has 3 nitrogen and oxygen atoms in total. The summed E-state index contributed by atoms with van der Waals surface area (Å²) >= 11 is 5.75. The second kappa shape index (κ2) is 6.13. The second-order valence-electron chi connectivity index (χ2n) is 3.84. The summed E-state index contributed by atoms with van der Waals surface area (Å²) in [6, 6.07) is 0. The lowest BCUT2D eigenvalue weighted by atomic mass is 9.98. The average Bonchev–Trinajstić information content (AvgIpc) is 2.17. The van der Waals surface area contributed by atoms with Gasteiger partial charge in [0, 0.05) is 18.1 Å². The van der Waals surface area contributed by atoms with Gasteiger partial charge in [-0.25, -0.2) is 0 Å². The molecule has 1 heterocycles. The molecule has 1 aliphatic heterocycles. The van der Waals surface area contributed by atoms with Crippen molar-refractivity contribution in [1.82, 2.24) is 4.90 Å². The molecule has 1 aliphatic rings. The molecule has 0 aromatic carbocycles. The summed E-state index contributed by atoms with van der Waals surface area (Å²) in [4.78, 5) is 13.7. The zero-order valence-electron chi connectivity index (χ0n) is 9.17. The van der Waals surface area contributed by atoms with Gasteiger partial charge in [-0.15, -0.1) is 0 Å². The monoisotopic (exact) mass is 231 g/mol. The smallest absolute Gasteiger partial charge is 0.310 e. The number of esters is 1. The molecule has 0 unspecified atom stereocenters. The molecule has 0 aromatic heterocycles. The van der Waals surface area contributed by atoms with Crippen LogP contribution in [0.15, 0.2) is 11.6 Å². The van der Waals surface area contributed by atoms with Crippen molar-refractivity contribution in [2.24, 2.45) is 5.92 Å².